The zero-order chi connectivity index (χ0) is 17.1. The maximum Gasteiger partial charge on any atom is 0.242 e. The van der Waals surface area contributed by atoms with Crippen LogP contribution in [0.5, 0.6) is 0 Å². The number of unbranched alkanes of at least 4 members (excludes halogenated alkanes) is 1. The number of aliphatic imine (C=N–C) groups is 1. The molecule has 0 saturated carbocycles. The van der Waals surface area contributed by atoms with Gasteiger partial charge in [-0.25, -0.2) is 13.1 Å². The summed E-state index contributed by atoms with van der Waals surface area (Å²) in [6.07, 6.45) is 5.08. The van der Waals surface area contributed by atoms with E-state index in [4.69, 9.17) is 0 Å². The van der Waals surface area contributed by atoms with Crippen LogP contribution in [0.2, 0.25) is 0 Å². The normalized spacial score (nSPS) is 11.7. The molecule has 2 N–H and O–H groups in total. The lowest BCUT2D eigenvalue weighted by Gasteiger charge is -2.21. The van der Waals surface area contributed by atoms with Gasteiger partial charge in [0.15, 0.2) is 5.96 Å². The highest BCUT2D eigenvalue weighted by molar-refractivity contribution is 14.0. The van der Waals surface area contributed by atoms with Crippen LogP contribution in [0.15, 0.2) is 34.4 Å². The van der Waals surface area contributed by atoms with Crippen molar-refractivity contribution in [3.05, 3.63) is 24.5 Å². The second-order valence-corrected chi connectivity index (χ2v) is 6.86. The van der Waals surface area contributed by atoms with Crippen molar-refractivity contribution in [3.8, 4) is 0 Å². The molecule has 0 aliphatic rings. The molecule has 0 spiro atoms. The predicted molar refractivity (Wildman–Crippen MR) is 108 cm³/mol. The van der Waals surface area contributed by atoms with E-state index in [1.54, 1.807) is 6.07 Å². The van der Waals surface area contributed by atoms with Crippen LogP contribution < -0.4 is 10.0 Å². The van der Waals surface area contributed by atoms with Gasteiger partial charge < -0.3 is 10.2 Å². The molecule has 1 heterocycles. The lowest BCUT2D eigenvalue weighted by molar-refractivity contribution is 0.465. The van der Waals surface area contributed by atoms with Crippen LogP contribution in [-0.2, 0) is 10.0 Å². The lowest BCUT2D eigenvalue weighted by Crippen LogP contribution is -2.40. The summed E-state index contributed by atoms with van der Waals surface area (Å²) in [6.45, 7) is 6.46. The number of guanidine groups is 1. The van der Waals surface area contributed by atoms with Gasteiger partial charge in [0.1, 0.15) is 4.90 Å². The summed E-state index contributed by atoms with van der Waals surface area (Å²) in [4.78, 5) is 10.5. The average Bonchev–Trinajstić information content (AvgIpc) is 2.56. The molecule has 1 aromatic heterocycles. The van der Waals surface area contributed by atoms with Gasteiger partial charge in [-0.1, -0.05) is 13.3 Å². The van der Waals surface area contributed by atoms with Gasteiger partial charge >= 0.3 is 0 Å². The Morgan fingerprint density at radius 3 is 2.71 bits per heavy atom. The van der Waals surface area contributed by atoms with Gasteiger partial charge in [-0.2, -0.15) is 0 Å². The average molecular weight is 469 g/mol. The van der Waals surface area contributed by atoms with E-state index in [9.17, 15) is 8.42 Å². The van der Waals surface area contributed by atoms with E-state index < -0.39 is 10.0 Å². The first-order chi connectivity index (χ1) is 11.0. The maximum absolute atomic E-state index is 12.1. The molecule has 0 bridgehead atoms. The minimum absolute atomic E-state index is 0. The maximum atomic E-state index is 12.1. The molecular weight excluding hydrogens is 441 g/mol. The molecule has 1 aromatic rings. The largest absolute Gasteiger partial charge is 0.357 e. The van der Waals surface area contributed by atoms with Gasteiger partial charge in [0, 0.05) is 39.1 Å². The molecule has 0 amide bonds. The number of nitrogens with one attached hydrogen (secondary N) is 2. The first-order valence-electron chi connectivity index (χ1n) is 7.90. The molecule has 0 fully saturated rings. The van der Waals surface area contributed by atoms with Gasteiger partial charge in [0.05, 0.1) is 6.54 Å². The second-order valence-electron chi connectivity index (χ2n) is 5.10. The van der Waals surface area contributed by atoms with Crippen LogP contribution in [-0.4, -0.2) is 57.5 Å². The number of aromatic nitrogens is 1. The van der Waals surface area contributed by atoms with Gasteiger partial charge in [0.2, 0.25) is 10.0 Å². The Morgan fingerprint density at radius 1 is 1.38 bits per heavy atom. The van der Waals surface area contributed by atoms with Crippen molar-refractivity contribution in [2.45, 2.75) is 31.6 Å². The molecular formula is C15H28IN5O2S. The third-order valence-corrected chi connectivity index (χ3v) is 4.60. The molecule has 9 heteroatoms. The van der Waals surface area contributed by atoms with E-state index >= 15 is 0 Å². The molecule has 0 radical (unpaired) electrons. The zero-order valence-electron chi connectivity index (χ0n) is 14.5. The number of halogens is 1. The Kier molecular flexibility index (Phi) is 11.9. The quantitative estimate of drug-likeness (QED) is 0.249. The van der Waals surface area contributed by atoms with E-state index in [0.717, 1.165) is 31.9 Å². The molecule has 0 aromatic carbocycles. The first kappa shape index (κ1) is 23.1. The summed E-state index contributed by atoms with van der Waals surface area (Å²) in [5, 5.41) is 3.21. The van der Waals surface area contributed by atoms with Gasteiger partial charge in [-0.3, -0.25) is 9.98 Å². The first-order valence-corrected chi connectivity index (χ1v) is 9.38. The van der Waals surface area contributed by atoms with Crippen molar-refractivity contribution in [2.24, 2.45) is 4.99 Å². The molecule has 0 saturated heterocycles. The number of sulfonamides is 1. The summed E-state index contributed by atoms with van der Waals surface area (Å²) in [7, 11) is -1.54. The number of hydrogen-bond acceptors (Lipinski definition) is 4. The molecule has 24 heavy (non-hydrogen) atoms. The third-order valence-electron chi connectivity index (χ3n) is 3.15. The predicted octanol–water partition coefficient (Wildman–Crippen LogP) is 1.68. The standard InChI is InChI=1S/C15H27N5O2S.HI/c1-4-6-12-20(3)15(17-5-2)18-10-11-19-23(21,22)14-8-7-9-16-13-14;/h7-9,13,19H,4-6,10-12H2,1-3H3,(H,17,18);1H. The van der Waals surface area contributed by atoms with E-state index in [1.807, 2.05) is 14.0 Å². The second kappa shape index (κ2) is 12.4. The number of nitrogens with zero attached hydrogens (tertiary/aromatic N) is 3. The monoisotopic (exact) mass is 469 g/mol. The van der Waals surface area contributed by atoms with Crippen LogP contribution in [0.4, 0.5) is 0 Å². The van der Waals surface area contributed by atoms with E-state index in [0.29, 0.717) is 6.54 Å². The highest BCUT2D eigenvalue weighted by atomic mass is 127. The van der Waals surface area contributed by atoms with Crippen LogP contribution in [0.3, 0.4) is 0 Å². The fourth-order valence-electron chi connectivity index (χ4n) is 1.90. The van der Waals surface area contributed by atoms with Crippen LogP contribution in [0.1, 0.15) is 26.7 Å². The van der Waals surface area contributed by atoms with E-state index in [-0.39, 0.29) is 35.4 Å². The summed E-state index contributed by atoms with van der Waals surface area (Å²) in [6, 6.07) is 3.11. The summed E-state index contributed by atoms with van der Waals surface area (Å²) in [5.74, 6) is 0.793. The Labute approximate surface area is 162 Å². The summed E-state index contributed by atoms with van der Waals surface area (Å²) >= 11 is 0. The lowest BCUT2D eigenvalue weighted by atomic mass is 10.3. The summed E-state index contributed by atoms with van der Waals surface area (Å²) in [5.41, 5.74) is 0. The highest BCUT2D eigenvalue weighted by Gasteiger charge is 2.12. The minimum atomic E-state index is -3.52. The van der Waals surface area contributed by atoms with Crippen LogP contribution in [0, 0.1) is 0 Å². The van der Waals surface area contributed by atoms with Crippen molar-refractivity contribution >= 4 is 40.0 Å². The van der Waals surface area contributed by atoms with Crippen molar-refractivity contribution < 1.29 is 8.42 Å². The molecule has 1 rings (SSSR count). The van der Waals surface area contributed by atoms with E-state index in [1.165, 1.54) is 18.5 Å². The topological polar surface area (TPSA) is 86.7 Å². The SMILES string of the molecule is CCCCN(C)C(=NCCNS(=O)(=O)c1cccnc1)NCC.I. The van der Waals surface area contributed by atoms with Crippen molar-refractivity contribution in [1.82, 2.24) is 19.9 Å². The molecule has 7 nitrogen and oxygen atoms in total. The summed E-state index contributed by atoms with van der Waals surface area (Å²) < 4.78 is 26.6. The highest BCUT2D eigenvalue weighted by Crippen LogP contribution is 2.04. The molecule has 0 atom stereocenters. The Balaban J connectivity index is 0.00000529. The Bertz CT molecular complexity index is 581. The van der Waals surface area contributed by atoms with Gasteiger partial charge in [-0.05, 0) is 25.5 Å². The van der Waals surface area contributed by atoms with E-state index in [2.05, 4.69) is 31.8 Å². The van der Waals surface area contributed by atoms with Crippen LogP contribution in [0.25, 0.3) is 0 Å². The fourth-order valence-corrected chi connectivity index (χ4v) is 2.89. The number of hydrogen-bond donors (Lipinski definition) is 2. The zero-order valence-corrected chi connectivity index (χ0v) is 17.7. The van der Waals surface area contributed by atoms with Crippen molar-refractivity contribution in [1.29, 1.82) is 0 Å². The van der Waals surface area contributed by atoms with Crippen LogP contribution >= 0.6 is 24.0 Å². The molecule has 0 aliphatic carbocycles. The fraction of sp³-hybridized carbons (Fsp3) is 0.600. The molecule has 138 valence electrons. The molecule has 0 aliphatic heterocycles. The Hall–Kier alpha value is -0.940. The van der Waals surface area contributed by atoms with Crippen molar-refractivity contribution in [2.75, 3.05) is 33.2 Å². The van der Waals surface area contributed by atoms with Gasteiger partial charge in [0.25, 0.3) is 0 Å². The third kappa shape index (κ3) is 8.25. The Morgan fingerprint density at radius 2 is 2.12 bits per heavy atom. The molecule has 0 unspecified atom stereocenters. The number of pyridine rings is 1. The number of rotatable bonds is 9. The van der Waals surface area contributed by atoms with Crippen molar-refractivity contribution in [3.63, 3.8) is 0 Å². The minimum Gasteiger partial charge on any atom is -0.357 e. The van der Waals surface area contributed by atoms with Gasteiger partial charge in [-0.15, -0.1) is 24.0 Å². The smallest absolute Gasteiger partial charge is 0.242 e.